The van der Waals surface area contributed by atoms with Crippen LogP contribution in [0.4, 0.5) is 0 Å². The highest BCUT2D eigenvalue weighted by Gasteiger charge is 2.37. The molecule has 2 N–H and O–H groups in total. The van der Waals surface area contributed by atoms with E-state index in [0.717, 1.165) is 0 Å². The van der Waals surface area contributed by atoms with E-state index in [9.17, 15) is 14.7 Å². The number of nitrogens with zero attached hydrogens (tertiary/aromatic N) is 1. The summed E-state index contributed by atoms with van der Waals surface area (Å²) in [6, 6.07) is 7.66. The molecule has 2 atom stereocenters. The maximum Gasteiger partial charge on any atom is 0.327 e. The van der Waals surface area contributed by atoms with Gasteiger partial charge < -0.3 is 15.1 Å². The minimum atomic E-state index is -1.30. The lowest BCUT2D eigenvalue weighted by atomic mass is 10.1. The van der Waals surface area contributed by atoms with Crippen LogP contribution in [0.25, 0.3) is 0 Å². The van der Waals surface area contributed by atoms with Crippen molar-refractivity contribution in [2.75, 3.05) is 11.6 Å². The summed E-state index contributed by atoms with van der Waals surface area (Å²) in [5, 5.41) is 19.0. The number of hydrogen-bond donors (Lipinski definition) is 2. The largest absolute Gasteiger partial charge is 0.480 e. The van der Waals surface area contributed by atoms with Crippen LogP contribution in [0.1, 0.15) is 11.7 Å². The Labute approximate surface area is 108 Å². The summed E-state index contributed by atoms with van der Waals surface area (Å²) in [5.41, 5.74) is 0.475. The van der Waals surface area contributed by atoms with Crippen molar-refractivity contribution < 1.29 is 19.8 Å². The summed E-state index contributed by atoms with van der Waals surface area (Å²) in [5.74, 6) is -0.922. The Hall–Kier alpha value is -1.53. The van der Waals surface area contributed by atoms with E-state index < -0.39 is 24.0 Å². The number of carboxylic acids is 1. The Bertz CT molecular complexity index is 451. The lowest BCUT2D eigenvalue weighted by molar-refractivity contribution is -0.151. The molecule has 0 radical (unpaired) electrons. The standard InChI is InChI=1S/C12H13NO4S/c14-10(8-4-2-1-3-5-8)11(15)13-7-18-6-9(13)12(16)17/h1-5,9-10,14H,6-7H2,(H,16,17)/t9-,10?/m0/s1. The number of thioether (sulfide) groups is 1. The molecule has 1 heterocycles. The molecular weight excluding hydrogens is 254 g/mol. The van der Waals surface area contributed by atoms with Gasteiger partial charge in [0.15, 0.2) is 6.10 Å². The molecule has 1 unspecified atom stereocenters. The van der Waals surface area contributed by atoms with Crippen molar-refractivity contribution in [2.45, 2.75) is 12.1 Å². The number of carbonyl (C=O) groups excluding carboxylic acids is 1. The van der Waals surface area contributed by atoms with Crippen LogP contribution in [0, 0.1) is 0 Å². The molecule has 1 fully saturated rings. The topological polar surface area (TPSA) is 77.8 Å². The molecule has 1 aliphatic heterocycles. The van der Waals surface area contributed by atoms with E-state index in [2.05, 4.69) is 0 Å². The number of benzene rings is 1. The van der Waals surface area contributed by atoms with Gasteiger partial charge in [-0.25, -0.2) is 4.79 Å². The van der Waals surface area contributed by atoms with Crippen LogP contribution in [0.2, 0.25) is 0 Å². The zero-order valence-corrected chi connectivity index (χ0v) is 10.3. The van der Waals surface area contributed by atoms with Gasteiger partial charge in [0.1, 0.15) is 6.04 Å². The lowest BCUT2D eigenvalue weighted by Crippen LogP contribution is -2.44. The highest BCUT2D eigenvalue weighted by Crippen LogP contribution is 2.25. The first-order valence-corrected chi connectivity index (χ1v) is 6.61. The molecule has 1 saturated heterocycles. The van der Waals surface area contributed by atoms with Crippen LogP contribution in [-0.4, -0.2) is 44.7 Å². The van der Waals surface area contributed by atoms with Crippen LogP contribution >= 0.6 is 11.8 Å². The lowest BCUT2D eigenvalue weighted by Gasteiger charge is -2.23. The highest BCUT2D eigenvalue weighted by molar-refractivity contribution is 7.99. The maximum atomic E-state index is 12.1. The van der Waals surface area contributed by atoms with Crippen molar-refractivity contribution in [2.24, 2.45) is 0 Å². The minimum Gasteiger partial charge on any atom is -0.480 e. The Morgan fingerprint density at radius 3 is 2.61 bits per heavy atom. The van der Waals surface area contributed by atoms with Crippen molar-refractivity contribution in [3.63, 3.8) is 0 Å². The fourth-order valence-corrected chi connectivity index (χ4v) is 2.95. The second kappa shape index (κ2) is 5.41. The van der Waals surface area contributed by atoms with Gasteiger partial charge in [-0.3, -0.25) is 4.79 Å². The fourth-order valence-electron chi connectivity index (χ4n) is 1.80. The SMILES string of the molecule is O=C(O)[C@@H]1CSCN1C(=O)C(O)c1ccccc1. The third-order valence-corrected chi connectivity index (χ3v) is 3.81. The van der Waals surface area contributed by atoms with Crippen molar-refractivity contribution in [1.82, 2.24) is 4.90 Å². The molecule has 5 nitrogen and oxygen atoms in total. The smallest absolute Gasteiger partial charge is 0.327 e. The zero-order chi connectivity index (χ0) is 13.1. The summed E-state index contributed by atoms with van der Waals surface area (Å²) in [7, 11) is 0. The van der Waals surface area contributed by atoms with Crippen molar-refractivity contribution in [3.05, 3.63) is 35.9 Å². The number of rotatable bonds is 3. The average molecular weight is 267 g/mol. The summed E-state index contributed by atoms with van der Waals surface area (Å²) in [6.07, 6.45) is -1.30. The van der Waals surface area contributed by atoms with E-state index >= 15 is 0 Å². The van der Waals surface area contributed by atoms with Gasteiger partial charge in [-0.05, 0) is 5.56 Å². The normalized spacial score (nSPS) is 20.7. The van der Waals surface area contributed by atoms with Gasteiger partial charge in [0.25, 0.3) is 5.91 Å². The predicted octanol–water partition coefficient (Wildman–Crippen LogP) is 0.706. The fraction of sp³-hybridized carbons (Fsp3) is 0.333. The van der Waals surface area contributed by atoms with Crippen LogP contribution in [0.5, 0.6) is 0 Å². The Balaban J connectivity index is 2.14. The Morgan fingerprint density at radius 1 is 1.33 bits per heavy atom. The number of carboxylic acid groups (broad SMARTS) is 1. The van der Waals surface area contributed by atoms with E-state index in [0.29, 0.717) is 17.2 Å². The maximum absolute atomic E-state index is 12.1. The number of aliphatic carboxylic acids is 1. The monoisotopic (exact) mass is 267 g/mol. The molecule has 1 aromatic rings. The van der Waals surface area contributed by atoms with Gasteiger partial charge >= 0.3 is 5.97 Å². The van der Waals surface area contributed by atoms with E-state index in [1.807, 2.05) is 0 Å². The number of aliphatic hydroxyl groups excluding tert-OH is 1. The molecule has 1 aromatic carbocycles. The molecule has 1 amide bonds. The average Bonchev–Trinajstić information content (AvgIpc) is 2.87. The van der Waals surface area contributed by atoms with Crippen molar-refractivity contribution in [3.8, 4) is 0 Å². The molecule has 18 heavy (non-hydrogen) atoms. The van der Waals surface area contributed by atoms with E-state index in [1.54, 1.807) is 30.3 Å². The number of aliphatic hydroxyl groups is 1. The Kier molecular flexibility index (Phi) is 3.88. The molecular formula is C12H13NO4S. The molecule has 2 rings (SSSR count). The van der Waals surface area contributed by atoms with Crippen LogP contribution < -0.4 is 0 Å². The van der Waals surface area contributed by atoms with Gasteiger partial charge in [-0.2, -0.15) is 0 Å². The van der Waals surface area contributed by atoms with Gasteiger partial charge in [0.2, 0.25) is 0 Å². The third kappa shape index (κ3) is 2.49. The zero-order valence-electron chi connectivity index (χ0n) is 9.52. The molecule has 0 saturated carbocycles. The number of carbonyl (C=O) groups is 2. The molecule has 0 aliphatic carbocycles. The molecule has 1 aliphatic rings. The van der Waals surface area contributed by atoms with Gasteiger partial charge in [0, 0.05) is 5.75 Å². The predicted molar refractivity (Wildman–Crippen MR) is 67.0 cm³/mol. The quantitative estimate of drug-likeness (QED) is 0.843. The van der Waals surface area contributed by atoms with Crippen molar-refractivity contribution in [1.29, 1.82) is 0 Å². The van der Waals surface area contributed by atoms with E-state index in [-0.39, 0.29) is 0 Å². The molecule has 0 spiro atoms. The molecule has 6 heteroatoms. The summed E-state index contributed by atoms with van der Waals surface area (Å²) < 4.78 is 0. The second-order valence-electron chi connectivity index (χ2n) is 3.98. The van der Waals surface area contributed by atoms with Gasteiger partial charge in [0.05, 0.1) is 5.88 Å². The van der Waals surface area contributed by atoms with Gasteiger partial charge in [-0.15, -0.1) is 11.8 Å². The first-order chi connectivity index (χ1) is 8.61. The number of amides is 1. The highest BCUT2D eigenvalue weighted by atomic mass is 32.2. The summed E-state index contributed by atoms with van der Waals surface area (Å²) in [4.78, 5) is 24.3. The molecule has 96 valence electrons. The molecule has 0 bridgehead atoms. The number of hydrogen-bond acceptors (Lipinski definition) is 4. The molecule has 0 aromatic heterocycles. The first kappa shape index (κ1) is 12.9. The summed E-state index contributed by atoms with van der Waals surface area (Å²) >= 11 is 1.37. The van der Waals surface area contributed by atoms with Crippen LogP contribution in [0.3, 0.4) is 0 Å². The van der Waals surface area contributed by atoms with Gasteiger partial charge in [-0.1, -0.05) is 30.3 Å². The minimum absolute atomic E-state index is 0.305. The summed E-state index contributed by atoms with van der Waals surface area (Å²) in [6.45, 7) is 0. The second-order valence-corrected chi connectivity index (χ2v) is 4.97. The first-order valence-electron chi connectivity index (χ1n) is 5.45. The van der Waals surface area contributed by atoms with E-state index in [1.165, 1.54) is 16.7 Å². The van der Waals surface area contributed by atoms with E-state index in [4.69, 9.17) is 5.11 Å². The third-order valence-electron chi connectivity index (χ3n) is 2.80. The van der Waals surface area contributed by atoms with Crippen LogP contribution in [0.15, 0.2) is 30.3 Å². The van der Waals surface area contributed by atoms with Crippen molar-refractivity contribution >= 4 is 23.6 Å². The van der Waals surface area contributed by atoms with Crippen LogP contribution in [-0.2, 0) is 9.59 Å². The Morgan fingerprint density at radius 2 is 2.00 bits per heavy atom.